The summed E-state index contributed by atoms with van der Waals surface area (Å²) in [5.41, 5.74) is 1.57. The number of amides is 1. The number of thiocarbonyl (C=S) groups is 1. The van der Waals surface area contributed by atoms with Crippen LogP contribution < -0.4 is 5.11 Å². The second kappa shape index (κ2) is 8.03. The maximum atomic E-state index is 12.8. The van der Waals surface area contributed by atoms with Crippen molar-refractivity contribution in [1.29, 1.82) is 0 Å². The Bertz CT molecular complexity index is 881. The number of rotatable bonds is 5. The van der Waals surface area contributed by atoms with Crippen molar-refractivity contribution in [3.05, 3.63) is 75.7 Å². The van der Waals surface area contributed by atoms with Gasteiger partial charge in [-0.1, -0.05) is 78.0 Å². The van der Waals surface area contributed by atoms with E-state index in [9.17, 15) is 14.7 Å². The molecule has 1 heterocycles. The molecule has 1 fully saturated rings. The zero-order valence-electron chi connectivity index (χ0n) is 13.4. The SMILES string of the molecule is O=C([O-])C(Cc1ccccc1)N1C(=O)/C(=C/c2ccc(Cl)cc2)SC1=S. The van der Waals surface area contributed by atoms with E-state index in [4.69, 9.17) is 23.8 Å². The lowest BCUT2D eigenvalue weighted by atomic mass is 10.0. The Kier molecular flexibility index (Phi) is 5.76. The highest BCUT2D eigenvalue weighted by Crippen LogP contribution is 2.34. The molecule has 26 heavy (non-hydrogen) atoms. The maximum absolute atomic E-state index is 12.8. The summed E-state index contributed by atoms with van der Waals surface area (Å²) in [5, 5.41) is 12.3. The Morgan fingerprint density at radius 3 is 2.46 bits per heavy atom. The van der Waals surface area contributed by atoms with E-state index in [0.29, 0.717) is 9.93 Å². The zero-order valence-corrected chi connectivity index (χ0v) is 15.8. The smallest absolute Gasteiger partial charge is 0.266 e. The van der Waals surface area contributed by atoms with Crippen molar-refractivity contribution in [2.24, 2.45) is 0 Å². The predicted molar refractivity (Wildman–Crippen MR) is 105 cm³/mol. The van der Waals surface area contributed by atoms with Crippen LogP contribution in [0.25, 0.3) is 6.08 Å². The zero-order chi connectivity index (χ0) is 18.7. The van der Waals surface area contributed by atoms with Gasteiger partial charge in [0.05, 0.1) is 16.9 Å². The van der Waals surface area contributed by atoms with E-state index < -0.39 is 17.9 Å². The van der Waals surface area contributed by atoms with Crippen molar-refractivity contribution in [1.82, 2.24) is 4.90 Å². The van der Waals surface area contributed by atoms with Gasteiger partial charge in [-0.05, 0) is 35.8 Å². The van der Waals surface area contributed by atoms with Crippen LogP contribution in [0, 0.1) is 0 Å². The summed E-state index contributed by atoms with van der Waals surface area (Å²) in [5.74, 6) is -1.77. The van der Waals surface area contributed by atoms with E-state index >= 15 is 0 Å². The van der Waals surface area contributed by atoms with Crippen molar-refractivity contribution in [2.45, 2.75) is 12.5 Å². The highest BCUT2D eigenvalue weighted by molar-refractivity contribution is 8.26. The van der Waals surface area contributed by atoms with E-state index in [2.05, 4.69) is 0 Å². The molecule has 132 valence electrons. The summed E-state index contributed by atoms with van der Waals surface area (Å²) in [6.07, 6.45) is 1.80. The number of carbonyl (C=O) groups is 2. The van der Waals surface area contributed by atoms with Crippen LogP contribution in [-0.4, -0.2) is 27.1 Å². The third-order valence-corrected chi connectivity index (χ3v) is 5.43. The van der Waals surface area contributed by atoms with Gasteiger partial charge in [0, 0.05) is 5.02 Å². The van der Waals surface area contributed by atoms with Gasteiger partial charge in [0.15, 0.2) is 0 Å². The number of hydrogen-bond donors (Lipinski definition) is 0. The Morgan fingerprint density at radius 2 is 1.85 bits per heavy atom. The number of thioether (sulfide) groups is 1. The minimum absolute atomic E-state index is 0.129. The molecule has 1 unspecified atom stereocenters. The molecule has 7 heteroatoms. The Balaban J connectivity index is 1.86. The van der Waals surface area contributed by atoms with Crippen molar-refractivity contribution >= 4 is 57.9 Å². The number of hydrogen-bond acceptors (Lipinski definition) is 5. The number of benzene rings is 2. The lowest BCUT2D eigenvalue weighted by molar-refractivity contribution is -0.310. The van der Waals surface area contributed by atoms with E-state index in [1.54, 1.807) is 42.5 Å². The van der Waals surface area contributed by atoms with Gasteiger partial charge in [-0.2, -0.15) is 0 Å². The number of carboxylic acids is 1. The van der Waals surface area contributed by atoms with Crippen LogP contribution in [0.5, 0.6) is 0 Å². The van der Waals surface area contributed by atoms with E-state index in [1.165, 1.54) is 0 Å². The van der Waals surface area contributed by atoms with Gasteiger partial charge in [-0.15, -0.1) is 0 Å². The first kappa shape index (κ1) is 18.6. The van der Waals surface area contributed by atoms with Crippen molar-refractivity contribution in [3.63, 3.8) is 0 Å². The molecule has 1 atom stereocenters. The first-order chi connectivity index (χ1) is 12.5. The Labute approximate surface area is 165 Å². The molecule has 0 radical (unpaired) electrons. The highest BCUT2D eigenvalue weighted by Gasteiger charge is 2.37. The summed E-state index contributed by atoms with van der Waals surface area (Å²) in [7, 11) is 0. The molecule has 1 aliphatic heterocycles. The normalized spacial score (nSPS) is 17.0. The first-order valence-corrected chi connectivity index (χ1v) is 9.33. The fourth-order valence-electron chi connectivity index (χ4n) is 2.58. The lowest BCUT2D eigenvalue weighted by Gasteiger charge is -2.27. The summed E-state index contributed by atoms with van der Waals surface area (Å²) >= 11 is 12.2. The molecule has 0 N–H and O–H groups in total. The monoisotopic (exact) mass is 402 g/mol. The van der Waals surface area contributed by atoms with Crippen molar-refractivity contribution in [2.75, 3.05) is 0 Å². The van der Waals surface area contributed by atoms with Gasteiger partial charge in [0.25, 0.3) is 5.91 Å². The average molecular weight is 403 g/mol. The molecular weight excluding hydrogens is 390 g/mol. The van der Waals surface area contributed by atoms with Crippen LogP contribution in [0.2, 0.25) is 5.02 Å². The first-order valence-electron chi connectivity index (χ1n) is 7.73. The van der Waals surface area contributed by atoms with Gasteiger partial charge in [0.1, 0.15) is 4.32 Å². The van der Waals surface area contributed by atoms with Crippen LogP contribution in [-0.2, 0) is 16.0 Å². The molecule has 2 aromatic carbocycles. The number of carboxylic acid groups (broad SMARTS) is 1. The molecule has 0 aliphatic carbocycles. The molecular formula is C19H13ClNO3S2-. The maximum Gasteiger partial charge on any atom is 0.266 e. The molecule has 1 amide bonds. The van der Waals surface area contributed by atoms with Gasteiger partial charge in [-0.3, -0.25) is 9.69 Å². The van der Waals surface area contributed by atoms with Crippen LogP contribution in [0.1, 0.15) is 11.1 Å². The topological polar surface area (TPSA) is 60.4 Å². The molecule has 0 spiro atoms. The second-order valence-corrected chi connectivity index (χ2v) is 7.74. The largest absolute Gasteiger partial charge is 0.548 e. The predicted octanol–water partition coefficient (Wildman–Crippen LogP) is 2.90. The van der Waals surface area contributed by atoms with Crippen LogP contribution in [0.15, 0.2) is 59.5 Å². The summed E-state index contributed by atoms with van der Waals surface area (Å²) in [6, 6.07) is 14.9. The minimum atomic E-state index is -1.34. The molecule has 4 nitrogen and oxygen atoms in total. The Hall–Kier alpha value is -2.15. The average Bonchev–Trinajstić information content (AvgIpc) is 2.89. The van der Waals surface area contributed by atoms with Crippen LogP contribution in [0.3, 0.4) is 0 Å². The van der Waals surface area contributed by atoms with E-state index in [1.807, 2.05) is 18.2 Å². The second-order valence-electron chi connectivity index (χ2n) is 5.63. The number of aliphatic carboxylic acids is 1. The van der Waals surface area contributed by atoms with E-state index in [-0.39, 0.29) is 10.7 Å². The standard InChI is InChI=1S/C19H14ClNO3S2/c20-14-8-6-13(7-9-14)11-16-17(22)21(19(25)26-16)15(18(23)24)10-12-4-2-1-3-5-12/h1-9,11,15H,10H2,(H,23,24)/p-1/b16-11-. The number of halogens is 1. The fourth-order valence-corrected chi connectivity index (χ4v) is 4.06. The van der Waals surface area contributed by atoms with E-state index in [0.717, 1.165) is 27.8 Å². The fraction of sp³-hybridized carbons (Fsp3) is 0.105. The van der Waals surface area contributed by atoms with Crippen LogP contribution in [0.4, 0.5) is 0 Å². The van der Waals surface area contributed by atoms with Crippen LogP contribution >= 0.6 is 35.6 Å². The molecule has 0 saturated carbocycles. The third kappa shape index (κ3) is 4.15. The molecule has 1 aliphatic rings. The molecule has 3 rings (SSSR count). The lowest BCUT2D eigenvalue weighted by Crippen LogP contribution is -2.51. The number of nitrogens with zero attached hydrogens (tertiary/aromatic N) is 1. The van der Waals surface area contributed by atoms with Gasteiger partial charge < -0.3 is 9.90 Å². The molecule has 0 bridgehead atoms. The third-order valence-electron chi connectivity index (χ3n) is 3.85. The summed E-state index contributed by atoms with van der Waals surface area (Å²) < 4.78 is 0.209. The molecule has 1 saturated heterocycles. The summed E-state index contributed by atoms with van der Waals surface area (Å²) in [6.45, 7) is 0. The van der Waals surface area contributed by atoms with Crippen molar-refractivity contribution in [3.8, 4) is 0 Å². The highest BCUT2D eigenvalue weighted by atomic mass is 35.5. The number of carbonyl (C=O) groups excluding carboxylic acids is 2. The molecule has 2 aromatic rings. The minimum Gasteiger partial charge on any atom is -0.548 e. The van der Waals surface area contributed by atoms with Gasteiger partial charge in [-0.25, -0.2) is 0 Å². The van der Waals surface area contributed by atoms with Gasteiger partial charge in [0.2, 0.25) is 0 Å². The van der Waals surface area contributed by atoms with Gasteiger partial charge >= 0.3 is 0 Å². The molecule has 0 aromatic heterocycles. The Morgan fingerprint density at radius 1 is 1.19 bits per heavy atom. The van der Waals surface area contributed by atoms with Crippen molar-refractivity contribution < 1.29 is 14.7 Å². The summed E-state index contributed by atoms with van der Waals surface area (Å²) in [4.78, 5) is 25.9. The quantitative estimate of drug-likeness (QED) is 0.568.